The molecule has 1 saturated heterocycles. The number of rotatable bonds is 4. The van der Waals surface area contributed by atoms with Crippen LogP contribution in [-0.4, -0.2) is 49.0 Å². The Balaban J connectivity index is 1.36. The highest BCUT2D eigenvalue weighted by molar-refractivity contribution is 6.01. The van der Waals surface area contributed by atoms with Crippen LogP contribution in [0.4, 0.5) is 11.4 Å². The van der Waals surface area contributed by atoms with E-state index in [1.165, 1.54) is 11.8 Å². The molecule has 1 amide bonds. The molecular weight excluding hydrogens is 340 g/mol. The van der Waals surface area contributed by atoms with Crippen molar-refractivity contribution in [2.24, 2.45) is 0 Å². The molecule has 1 fully saturated rings. The molecule has 0 radical (unpaired) electrons. The molecule has 2 heterocycles. The highest BCUT2D eigenvalue weighted by Crippen LogP contribution is 2.19. The Bertz CT molecular complexity index is 921. The Labute approximate surface area is 158 Å². The molecule has 0 saturated carbocycles. The number of piperazine rings is 1. The fourth-order valence-electron chi connectivity index (χ4n) is 3.11. The first-order chi connectivity index (χ1) is 13.2. The largest absolute Gasteiger partial charge is 0.437 e. The number of amides is 1. The van der Waals surface area contributed by atoms with Gasteiger partial charge in [0.2, 0.25) is 11.8 Å². The zero-order chi connectivity index (χ0) is 18.6. The van der Waals surface area contributed by atoms with E-state index in [2.05, 4.69) is 27.1 Å². The molecule has 2 aromatic carbocycles. The highest BCUT2D eigenvalue weighted by Gasteiger charge is 2.14. The van der Waals surface area contributed by atoms with Crippen molar-refractivity contribution in [2.75, 3.05) is 43.4 Å². The van der Waals surface area contributed by atoms with Gasteiger partial charge >= 0.3 is 0 Å². The predicted octanol–water partition coefficient (Wildman–Crippen LogP) is 3.23. The lowest BCUT2D eigenvalue weighted by atomic mass is 10.2. The van der Waals surface area contributed by atoms with Crippen molar-refractivity contribution in [3.8, 4) is 0 Å². The molecule has 138 valence electrons. The van der Waals surface area contributed by atoms with Gasteiger partial charge in [-0.2, -0.15) is 0 Å². The monoisotopic (exact) mass is 362 g/mol. The number of nitrogens with zero attached hydrogens (tertiary/aromatic N) is 3. The van der Waals surface area contributed by atoms with E-state index in [0.717, 1.165) is 37.4 Å². The van der Waals surface area contributed by atoms with Gasteiger partial charge in [-0.1, -0.05) is 12.1 Å². The van der Waals surface area contributed by atoms with Gasteiger partial charge in [-0.3, -0.25) is 4.79 Å². The molecule has 6 nitrogen and oxygen atoms in total. The van der Waals surface area contributed by atoms with E-state index in [4.69, 9.17) is 4.42 Å². The number of anilines is 2. The second-order valence-corrected chi connectivity index (χ2v) is 6.68. The molecule has 27 heavy (non-hydrogen) atoms. The predicted molar refractivity (Wildman–Crippen MR) is 108 cm³/mol. The average molecular weight is 362 g/mol. The molecule has 6 heteroatoms. The molecule has 1 aromatic heterocycles. The highest BCUT2D eigenvalue weighted by atomic mass is 16.3. The summed E-state index contributed by atoms with van der Waals surface area (Å²) in [4.78, 5) is 21.1. The van der Waals surface area contributed by atoms with Gasteiger partial charge in [-0.25, -0.2) is 4.98 Å². The minimum atomic E-state index is -0.218. The molecule has 0 bridgehead atoms. The van der Waals surface area contributed by atoms with Crippen LogP contribution in [0.3, 0.4) is 0 Å². The molecule has 1 aliphatic heterocycles. The van der Waals surface area contributed by atoms with Gasteiger partial charge in [-0.05, 0) is 43.4 Å². The van der Waals surface area contributed by atoms with E-state index in [-0.39, 0.29) is 5.91 Å². The van der Waals surface area contributed by atoms with Crippen LogP contribution in [0.25, 0.3) is 17.2 Å². The Morgan fingerprint density at radius 1 is 1.07 bits per heavy atom. The van der Waals surface area contributed by atoms with Gasteiger partial charge in [0.15, 0.2) is 5.58 Å². The van der Waals surface area contributed by atoms with Crippen LogP contribution in [0.1, 0.15) is 5.89 Å². The smallest absolute Gasteiger partial charge is 0.248 e. The lowest BCUT2D eigenvalue weighted by Gasteiger charge is -2.34. The van der Waals surface area contributed by atoms with Crippen LogP contribution in [0.2, 0.25) is 0 Å². The van der Waals surface area contributed by atoms with Crippen molar-refractivity contribution in [3.63, 3.8) is 0 Å². The molecule has 0 spiro atoms. The Kier molecular flexibility index (Phi) is 4.89. The van der Waals surface area contributed by atoms with Crippen LogP contribution in [0.5, 0.6) is 0 Å². The van der Waals surface area contributed by atoms with Crippen LogP contribution in [-0.2, 0) is 4.79 Å². The molecule has 1 N–H and O–H groups in total. The first-order valence-corrected chi connectivity index (χ1v) is 9.05. The third kappa shape index (κ3) is 4.17. The number of carbonyl (C=O) groups is 1. The fraction of sp³-hybridized carbons (Fsp3) is 0.238. The number of oxazole rings is 1. The summed E-state index contributed by atoms with van der Waals surface area (Å²) in [7, 11) is 2.14. The minimum Gasteiger partial charge on any atom is -0.437 e. The maximum Gasteiger partial charge on any atom is 0.248 e. The van der Waals surface area contributed by atoms with Crippen molar-refractivity contribution in [2.45, 2.75) is 0 Å². The van der Waals surface area contributed by atoms with Crippen molar-refractivity contribution in [1.29, 1.82) is 0 Å². The summed E-state index contributed by atoms with van der Waals surface area (Å²) in [6.07, 6.45) is 3.01. The van der Waals surface area contributed by atoms with E-state index >= 15 is 0 Å². The van der Waals surface area contributed by atoms with Gasteiger partial charge in [0, 0.05) is 49.7 Å². The number of hydrogen-bond donors (Lipinski definition) is 1. The molecule has 1 aliphatic rings. The lowest BCUT2D eigenvalue weighted by Crippen LogP contribution is -2.44. The van der Waals surface area contributed by atoms with Crippen LogP contribution < -0.4 is 10.2 Å². The normalized spacial score (nSPS) is 15.5. The van der Waals surface area contributed by atoms with Crippen molar-refractivity contribution >= 4 is 34.5 Å². The zero-order valence-corrected chi connectivity index (χ0v) is 15.3. The number of aromatic nitrogens is 1. The number of carbonyl (C=O) groups excluding carboxylic acids is 1. The second kappa shape index (κ2) is 7.63. The number of likely N-dealkylation sites (N-methyl/N-ethyl adjacent to an activating group) is 1. The second-order valence-electron chi connectivity index (χ2n) is 6.68. The lowest BCUT2D eigenvalue weighted by molar-refractivity contribution is -0.111. The molecule has 0 unspecified atom stereocenters. The van der Waals surface area contributed by atoms with Crippen molar-refractivity contribution in [3.05, 3.63) is 60.5 Å². The first kappa shape index (κ1) is 17.3. The molecule has 0 aliphatic carbocycles. The number of benzene rings is 2. The third-order valence-electron chi connectivity index (χ3n) is 4.69. The molecule has 3 aromatic rings. The molecule has 0 atom stereocenters. The third-order valence-corrected chi connectivity index (χ3v) is 4.69. The van der Waals surface area contributed by atoms with Crippen LogP contribution in [0.15, 0.2) is 59.0 Å². The van der Waals surface area contributed by atoms with Crippen molar-refractivity contribution < 1.29 is 9.21 Å². The Morgan fingerprint density at radius 3 is 2.56 bits per heavy atom. The van der Waals surface area contributed by atoms with Gasteiger partial charge in [-0.15, -0.1) is 0 Å². The number of para-hydroxylation sites is 2. The summed E-state index contributed by atoms with van der Waals surface area (Å²) in [5.41, 5.74) is 3.43. The van der Waals surface area contributed by atoms with E-state index in [1.54, 1.807) is 6.08 Å². The average Bonchev–Trinajstić information content (AvgIpc) is 3.11. The summed E-state index contributed by atoms with van der Waals surface area (Å²) in [6, 6.07) is 15.5. The van der Waals surface area contributed by atoms with Crippen LogP contribution >= 0.6 is 0 Å². The van der Waals surface area contributed by atoms with Gasteiger partial charge in [0.25, 0.3) is 0 Å². The topological polar surface area (TPSA) is 61.6 Å². The standard InChI is InChI=1S/C21H22N4O2/c1-24-12-14-25(15-13-24)17-8-6-16(7-9-17)22-20(26)10-11-21-23-18-4-2-3-5-19(18)27-21/h2-11H,12-15H2,1H3,(H,22,26)/b11-10+. The van der Waals surface area contributed by atoms with E-state index in [0.29, 0.717) is 11.5 Å². The SMILES string of the molecule is CN1CCN(c2ccc(NC(=O)/C=C/c3nc4ccccc4o3)cc2)CC1. The summed E-state index contributed by atoms with van der Waals surface area (Å²) < 4.78 is 5.57. The van der Waals surface area contributed by atoms with Gasteiger partial charge in [0.1, 0.15) is 5.52 Å². The van der Waals surface area contributed by atoms with Gasteiger partial charge in [0.05, 0.1) is 0 Å². The Hall–Kier alpha value is -3.12. The summed E-state index contributed by atoms with van der Waals surface area (Å²) in [6.45, 7) is 4.18. The number of fused-ring (bicyclic) bond motifs is 1. The maximum absolute atomic E-state index is 12.1. The minimum absolute atomic E-state index is 0.218. The molecular formula is C21H22N4O2. The summed E-state index contributed by atoms with van der Waals surface area (Å²) in [5, 5.41) is 2.86. The number of hydrogen-bond acceptors (Lipinski definition) is 5. The fourth-order valence-corrected chi connectivity index (χ4v) is 3.11. The quantitative estimate of drug-likeness (QED) is 0.722. The zero-order valence-electron chi connectivity index (χ0n) is 15.3. The Morgan fingerprint density at radius 2 is 1.81 bits per heavy atom. The first-order valence-electron chi connectivity index (χ1n) is 9.05. The summed E-state index contributed by atoms with van der Waals surface area (Å²) in [5.74, 6) is 0.196. The van der Waals surface area contributed by atoms with Crippen LogP contribution in [0, 0.1) is 0 Å². The van der Waals surface area contributed by atoms with Crippen molar-refractivity contribution in [1.82, 2.24) is 9.88 Å². The maximum atomic E-state index is 12.1. The van der Waals surface area contributed by atoms with E-state index in [9.17, 15) is 4.79 Å². The van der Waals surface area contributed by atoms with E-state index < -0.39 is 0 Å². The van der Waals surface area contributed by atoms with Gasteiger partial charge < -0.3 is 19.5 Å². The summed E-state index contributed by atoms with van der Waals surface area (Å²) >= 11 is 0. The number of nitrogens with one attached hydrogen (secondary N) is 1. The molecule has 4 rings (SSSR count). The van der Waals surface area contributed by atoms with E-state index in [1.807, 2.05) is 48.5 Å².